The minimum absolute atomic E-state index is 0.0220. The Morgan fingerprint density at radius 2 is 2.38 bits per heavy atom. The van der Waals surface area contributed by atoms with Crippen LogP contribution in [-0.4, -0.2) is 35.1 Å². The molecule has 16 heavy (non-hydrogen) atoms. The van der Waals surface area contributed by atoms with Gasteiger partial charge in [-0.1, -0.05) is 0 Å². The van der Waals surface area contributed by atoms with Crippen LogP contribution in [0.4, 0.5) is 8.78 Å². The third-order valence-corrected chi connectivity index (χ3v) is 2.61. The van der Waals surface area contributed by atoms with E-state index in [-0.39, 0.29) is 6.42 Å². The van der Waals surface area contributed by atoms with E-state index in [1.54, 1.807) is 12.3 Å². The maximum Gasteiger partial charge on any atom is 0.287 e. The lowest BCUT2D eigenvalue weighted by Crippen LogP contribution is -2.39. The van der Waals surface area contributed by atoms with Crippen molar-refractivity contribution in [3.05, 3.63) is 16.1 Å². The normalized spacial score (nSPS) is 11.5. The van der Waals surface area contributed by atoms with Crippen molar-refractivity contribution in [3.8, 4) is 0 Å². The van der Waals surface area contributed by atoms with Crippen LogP contribution >= 0.6 is 11.3 Å². The molecule has 0 radical (unpaired) electrons. The SMILES string of the molecule is Cc1nc(CC(=O)NCC(F)(F)CO)cs1. The predicted molar refractivity (Wildman–Crippen MR) is 55.6 cm³/mol. The average Bonchev–Trinajstić information content (AvgIpc) is 2.61. The van der Waals surface area contributed by atoms with Crippen molar-refractivity contribution in [2.75, 3.05) is 13.2 Å². The number of nitrogens with zero attached hydrogens (tertiary/aromatic N) is 1. The molecule has 2 N–H and O–H groups in total. The summed E-state index contributed by atoms with van der Waals surface area (Å²) >= 11 is 1.40. The highest BCUT2D eigenvalue weighted by atomic mass is 32.1. The molecule has 1 rings (SSSR count). The largest absolute Gasteiger partial charge is 0.390 e. The number of amides is 1. The molecule has 0 atom stereocenters. The Labute approximate surface area is 95.3 Å². The number of rotatable bonds is 5. The molecule has 1 heterocycles. The van der Waals surface area contributed by atoms with Gasteiger partial charge in [0.05, 0.1) is 23.7 Å². The maximum atomic E-state index is 12.6. The highest BCUT2D eigenvalue weighted by Crippen LogP contribution is 2.11. The van der Waals surface area contributed by atoms with E-state index in [1.807, 2.05) is 5.32 Å². The zero-order valence-electron chi connectivity index (χ0n) is 8.67. The standard InChI is InChI=1S/C9H12F2N2O2S/c1-6-13-7(3-16-6)2-8(15)12-4-9(10,11)5-14/h3,14H,2,4-5H2,1H3,(H,12,15). The van der Waals surface area contributed by atoms with Gasteiger partial charge in [-0.2, -0.15) is 0 Å². The molecule has 0 saturated heterocycles. The molecule has 0 spiro atoms. The van der Waals surface area contributed by atoms with Crippen molar-refractivity contribution in [2.45, 2.75) is 19.3 Å². The fraction of sp³-hybridized carbons (Fsp3) is 0.556. The number of carbonyl (C=O) groups is 1. The monoisotopic (exact) mass is 250 g/mol. The Kier molecular flexibility index (Phi) is 4.31. The topological polar surface area (TPSA) is 62.2 Å². The van der Waals surface area contributed by atoms with E-state index in [0.29, 0.717) is 5.69 Å². The average molecular weight is 250 g/mol. The fourth-order valence-corrected chi connectivity index (χ4v) is 1.61. The molecule has 4 nitrogen and oxygen atoms in total. The van der Waals surface area contributed by atoms with E-state index in [2.05, 4.69) is 4.98 Å². The summed E-state index contributed by atoms with van der Waals surface area (Å²) < 4.78 is 25.2. The van der Waals surface area contributed by atoms with Crippen LogP contribution in [-0.2, 0) is 11.2 Å². The van der Waals surface area contributed by atoms with E-state index < -0.39 is 25.0 Å². The van der Waals surface area contributed by atoms with Crippen LogP contribution in [0.15, 0.2) is 5.38 Å². The first kappa shape index (κ1) is 13.0. The lowest BCUT2D eigenvalue weighted by Gasteiger charge is -2.13. The molecule has 0 aliphatic carbocycles. The van der Waals surface area contributed by atoms with E-state index >= 15 is 0 Å². The summed E-state index contributed by atoms with van der Waals surface area (Å²) in [5.74, 6) is -3.80. The molecule has 1 amide bonds. The van der Waals surface area contributed by atoms with Crippen LogP contribution in [0.25, 0.3) is 0 Å². The lowest BCUT2D eigenvalue weighted by molar-refractivity contribution is -0.123. The number of nitrogens with one attached hydrogen (secondary N) is 1. The van der Waals surface area contributed by atoms with Gasteiger partial charge in [0, 0.05) is 5.38 Å². The summed E-state index contributed by atoms with van der Waals surface area (Å²) in [5.41, 5.74) is 0.562. The molecule has 0 unspecified atom stereocenters. The van der Waals surface area contributed by atoms with Gasteiger partial charge in [0.25, 0.3) is 5.92 Å². The van der Waals surface area contributed by atoms with Crippen molar-refractivity contribution in [2.24, 2.45) is 0 Å². The van der Waals surface area contributed by atoms with E-state index in [4.69, 9.17) is 5.11 Å². The van der Waals surface area contributed by atoms with Crippen LogP contribution in [0.5, 0.6) is 0 Å². The van der Waals surface area contributed by atoms with Crippen molar-refractivity contribution in [1.82, 2.24) is 10.3 Å². The summed E-state index contributed by atoms with van der Waals surface area (Å²) in [6.45, 7) is -0.333. The molecule has 0 bridgehead atoms. The van der Waals surface area contributed by atoms with Crippen LogP contribution in [0, 0.1) is 6.92 Å². The molecule has 0 aliphatic rings. The number of aromatic nitrogens is 1. The minimum Gasteiger partial charge on any atom is -0.390 e. The summed E-state index contributed by atoms with van der Waals surface area (Å²) in [6, 6.07) is 0. The minimum atomic E-state index is -3.27. The number of carbonyl (C=O) groups excluding carboxylic acids is 1. The molecular weight excluding hydrogens is 238 g/mol. The van der Waals surface area contributed by atoms with Crippen LogP contribution in [0.3, 0.4) is 0 Å². The first-order chi connectivity index (χ1) is 7.43. The second-order valence-electron chi connectivity index (χ2n) is 3.33. The number of aliphatic hydroxyl groups is 1. The van der Waals surface area contributed by atoms with Crippen molar-refractivity contribution in [3.63, 3.8) is 0 Å². The first-order valence-corrected chi connectivity index (χ1v) is 5.47. The molecule has 90 valence electrons. The molecular formula is C9H12F2N2O2S. The second kappa shape index (κ2) is 5.31. The van der Waals surface area contributed by atoms with Gasteiger partial charge in [0.1, 0.15) is 6.61 Å². The molecule has 7 heteroatoms. The van der Waals surface area contributed by atoms with Crippen LogP contribution < -0.4 is 5.32 Å². The summed E-state index contributed by atoms with van der Waals surface area (Å²) in [5, 5.41) is 12.9. The van der Waals surface area contributed by atoms with Gasteiger partial charge < -0.3 is 10.4 Å². The summed E-state index contributed by atoms with van der Waals surface area (Å²) in [4.78, 5) is 15.3. The number of hydrogen-bond acceptors (Lipinski definition) is 4. The fourth-order valence-electron chi connectivity index (χ4n) is 1.00. The van der Waals surface area contributed by atoms with E-state index in [0.717, 1.165) is 5.01 Å². The van der Waals surface area contributed by atoms with Gasteiger partial charge in [0.15, 0.2) is 0 Å². The highest BCUT2D eigenvalue weighted by molar-refractivity contribution is 7.09. The number of thiazole rings is 1. The van der Waals surface area contributed by atoms with Gasteiger partial charge in [-0.05, 0) is 6.92 Å². The number of halogens is 2. The Hall–Kier alpha value is -1.08. The van der Waals surface area contributed by atoms with Gasteiger partial charge >= 0.3 is 0 Å². The van der Waals surface area contributed by atoms with Gasteiger partial charge in [-0.25, -0.2) is 13.8 Å². The molecule has 1 aromatic rings. The van der Waals surface area contributed by atoms with Gasteiger partial charge in [0.2, 0.25) is 5.91 Å². The Morgan fingerprint density at radius 3 is 2.88 bits per heavy atom. The highest BCUT2D eigenvalue weighted by Gasteiger charge is 2.28. The van der Waals surface area contributed by atoms with Crippen molar-refractivity contribution < 1.29 is 18.7 Å². The number of aryl methyl sites for hydroxylation is 1. The third-order valence-electron chi connectivity index (χ3n) is 1.78. The second-order valence-corrected chi connectivity index (χ2v) is 4.39. The zero-order chi connectivity index (χ0) is 12.2. The van der Waals surface area contributed by atoms with Gasteiger partial charge in [-0.3, -0.25) is 4.79 Å². The van der Waals surface area contributed by atoms with E-state index in [1.165, 1.54) is 11.3 Å². The molecule has 0 aromatic carbocycles. The molecule has 0 saturated carbocycles. The Bertz CT molecular complexity index is 368. The summed E-state index contributed by atoms with van der Waals surface area (Å²) in [6.07, 6.45) is -0.0220. The molecule has 0 fully saturated rings. The van der Waals surface area contributed by atoms with Crippen LogP contribution in [0.1, 0.15) is 10.7 Å². The zero-order valence-corrected chi connectivity index (χ0v) is 9.48. The van der Waals surface area contributed by atoms with Crippen molar-refractivity contribution >= 4 is 17.2 Å². The Morgan fingerprint density at radius 1 is 1.69 bits per heavy atom. The molecule has 1 aromatic heterocycles. The third kappa shape index (κ3) is 4.19. The number of alkyl halides is 2. The number of hydrogen-bond donors (Lipinski definition) is 2. The smallest absolute Gasteiger partial charge is 0.287 e. The quantitative estimate of drug-likeness (QED) is 0.810. The number of aliphatic hydroxyl groups excluding tert-OH is 1. The lowest BCUT2D eigenvalue weighted by atomic mass is 10.3. The van der Waals surface area contributed by atoms with E-state index in [9.17, 15) is 13.6 Å². The van der Waals surface area contributed by atoms with Crippen LogP contribution in [0.2, 0.25) is 0 Å². The first-order valence-electron chi connectivity index (χ1n) is 4.59. The van der Waals surface area contributed by atoms with Crippen molar-refractivity contribution in [1.29, 1.82) is 0 Å². The summed E-state index contributed by atoms with van der Waals surface area (Å²) in [7, 11) is 0. The maximum absolute atomic E-state index is 12.6. The predicted octanol–water partition coefficient (Wildman–Crippen LogP) is 0.738. The van der Waals surface area contributed by atoms with Gasteiger partial charge in [-0.15, -0.1) is 11.3 Å². The molecule has 0 aliphatic heterocycles. The Balaban J connectivity index is 2.37.